The molecular weight excluding hydrogens is 405 g/mol. The van der Waals surface area contributed by atoms with E-state index in [-0.39, 0.29) is 5.92 Å². The number of nitrogens with two attached hydrogens (primary N) is 1. The second-order valence-corrected chi connectivity index (χ2v) is 7.71. The molecule has 5 nitrogen and oxygen atoms in total. The summed E-state index contributed by atoms with van der Waals surface area (Å²) in [5.74, 6) is -0.682. The van der Waals surface area contributed by atoms with Gasteiger partial charge >= 0.3 is 0 Å². The number of rotatable bonds is 6. The Kier molecular flexibility index (Phi) is 6.14. The summed E-state index contributed by atoms with van der Waals surface area (Å²) in [6.45, 7) is 3.49. The van der Waals surface area contributed by atoms with Crippen LogP contribution in [0.15, 0.2) is 83.4 Å². The minimum Gasteiger partial charge on any atom is -0.361 e. The van der Waals surface area contributed by atoms with E-state index in [9.17, 15) is 9.18 Å². The van der Waals surface area contributed by atoms with Crippen molar-refractivity contribution in [1.29, 1.82) is 0 Å². The van der Waals surface area contributed by atoms with E-state index in [2.05, 4.69) is 10.5 Å². The molecule has 162 valence electrons. The summed E-state index contributed by atoms with van der Waals surface area (Å²) < 4.78 is 20.0. The van der Waals surface area contributed by atoms with Crippen LogP contribution in [-0.2, 0) is 4.79 Å². The highest BCUT2D eigenvalue weighted by molar-refractivity contribution is 5.96. The molecule has 0 aliphatic rings. The lowest BCUT2D eigenvalue weighted by atomic mass is 9.85. The molecule has 0 fully saturated rings. The van der Waals surface area contributed by atoms with Gasteiger partial charge < -0.3 is 15.6 Å². The van der Waals surface area contributed by atoms with Crippen molar-refractivity contribution < 1.29 is 13.7 Å². The molecule has 0 spiro atoms. The highest BCUT2D eigenvalue weighted by Crippen LogP contribution is 2.31. The van der Waals surface area contributed by atoms with Gasteiger partial charge in [0.2, 0.25) is 5.91 Å². The SMILES string of the molecule is Cc1noc(C)c1-c1ccc(NC(=O)C(N)C(c2ccccc2)c2ccccc2)cc1F. The molecule has 1 amide bonds. The fourth-order valence-electron chi connectivity index (χ4n) is 3.97. The molecule has 3 aromatic carbocycles. The van der Waals surface area contributed by atoms with Gasteiger partial charge in [-0.15, -0.1) is 0 Å². The van der Waals surface area contributed by atoms with Crippen LogP contribution in [0.5, 0.6) is 0 Å². The lowest BCUT2D eigenvalue weighted by Crippen LogP contribution is -2.41. The van der Waals surface area contributed by atoms with Gasteiger partial charge in [-0.1, -0.05) is 65.8 Å². The zero-order chi connectivity index (χ0) is 22.7. The largest absolute Gasteiger partial charge is 0.361 e. The molecule has 32 heavy (non-hydrogen) atoms. The van der Waals surface area contributed by atoms with E-state index in [1.54, 1.807) is 26.0 Å². The number of carbonyl (C=O) groups excluding carboxylic acids is 1. The Morgan fingerprint density at radius 3 is 2.06 bits per heavy atom. The van der Waals surface area contributed by atoms with Gasteiger partial charge in [0.1, 0.15) is 11.6 Å². The van der Waals surface area contributed by atoms with Crippen molar-refractivity contribution in [2.45, 2.75) is 25.8 Å². The van der Waals surface area contributed by atoms with Gasteiger partial charge in [-0.05, 0) is 43.2 Å². The molecule has 1 unspecified atom stereocenters. The van der Waals surface area contributed by atoms with Crippen LogP contribution in [0.25, 0.3) is 11.1 Å². The van der Waals surface area contributed by atoms with Crippen LogP contribution in [0.4, 0.5) is 10.1 Å². The Morgan fingerprint density at radius 1 is 0.969 bits per heavy atom. The number of aromatic nitrogens is 1. The fourth-order valence-corrected chi connectivity index (χ4v) is 3.97. The average Bonchev–Trinajstić information content (AvgIpc) is 3.13. The Bertz CT molecular complexity index is 1160. The molecule has 4 aromatic rings. The van der Waals surface area contributed by atoms with Gasteiger partial charge in [0.05, 0.1) is 17.3 Å². The molecule has 0 aliphatic carbocycles. The zero-order valence-corrected chi connectivity index (χ0v) is 17.9. The van der Waals surface area contributed by atoms with Gasteiger partial charge in [0.15, 0.2) is 0 Å². The van der Waals surface area contributed by atoms with E-state index in [4.69, 9.17) is 10.3 Å². The average molecular weight is 429 g/mol. The highest BCUT2D eigenvalue weighted by atomic mass is 19.1. The topological polar surface area (TPSA) is 81.2 Å². The summed E-state index contributed by atoms with van der Waals surface area (Å²) in [5, 5.41) is 6.64. The summed E-state index contributed by atoms with van der Waals surface area (Å²) in [7, 11) is 0. The Hall–Kier alpha value is -3.77. The first-order valence-electron chi connectivity index (χ1n) is 10.3. The van der Waals surface area contributed by atoms with Gasteiger partial charge in [0.25, 0.3) is 0 Å². The van der Waals surface area contributed by atoms with Gasteiger partial charge in [0, 0.05) is 17.2 Å². The number of hydrogen-bond acceptors (Lipinski definition) is 4. The van der Waals surface area contributed by atoms with Crippen LogP contribution in [0.2, 0.25) is 0 Å². The third kappa shape index (κ3) is 4.31. The van der Waals surface area contributed by atoms with Gasteiger partial charge in [-0.2, -0.15) is 0 Å². The molecule has 0 saturated heterocycles. The first-order chi connectivity index (χ1) is 15.5. The quantitative estimate of drug-likeness (QED) is 0.442. The molecule has 1 heterocycles. The van der Waals surface area contributed by atoms with Crippen molar-refractivity contribution in [3.05, 3.63) is 107 Å². The number of halogens is 1. The summed E-state index contributed by atoms with van der Waals surface area (Å²) in [4.78, 5) is 13.1. The molecule has 0 radical (unpaired) electrons. The molecule has 3 N–H and O–H groups in total. The third-order valence-electron chi connectivity index (χ3n) is 5.52. The van der Waals surface area contributed by atoms with Crippen molar-refractivity contribution in [3.8, 4) is 11.1 Å². The molecule has 0 saturated carbocycles. The monoisotopic (exact) mass is 429 g/mol. The van der Waals surface area contributed by atoms with E-state index in [0.717, 1.165) is 11.1 Å². The predicted octanol–water partition coefficient (Wildman–Crippen LogP) is 5.20. The molecule has 0 bridgehead atoms. The Balaban J connectivity index is 1.59. The summed E-state index contributed by atoms with van der Waals surface area (Å²) >= 11 is 0. The van der Waals surface area contributed by atoms with Crippen LogP contribution in [0, 0.1) is 19.7 Å². The summed E-state index contributed by atoms with van der Waals surface area (Å²) in [6.07, 6.45) is 0. The van der Waals surface area contributed by atoms with Crippen molar-refractivity contribution in [2.24, 2.45) is 5.73 Å². The minimum atomic E-state index is -0.870. The standard InChI is InChI=1S/C26H24FN3O2/c1-16-23(17(2)32-30-16)21-14-13-20(15-22(21)27)29-26(31)25(28)24(18-9-5-3-6-10-18)19-11-7-4-8-12-19/h3-15,24-25H,28H2,1-2H3,(H,29,31). The number of aryl methyl sites for hydroxylation is 2. The van der Waals surface area contributed by atoms with Crippen LogP contribution in [0.1, 0.15) is 28.5 Å². The number of nitrogens with one attached hydrogen (secondary N) is 1. The third-order valence-corrected chi connectivity index (χ3v) is 5.52. The molecule has 6 heteroatoms. The summed E-state index contributed by atoms with van der Waals surface area (Å²) in [5.41, 5.74) is 10.2. The first kappa shape index (κ1) is 21.5. The van der Waals surface area contributed by atoms with Crippen LogP contribution < -0.4 is 11.1 Å². The van der Waals surface area contributed by atoms with E-state index in [0.29, 0.717) is 28.3 Å². The minimum absolute atomic E-state index is 0.332. The first-order valence-corrected chi connectivity index (χ1v) is 10.3. The summed E-state index contributed by atoms with van der Waals surface area (Å²) in [6, 6.07) is 23.0. The number of carbonyl (C=O) groups is 1. The van der Waals surface area contributed by atoms with Crippen molar-refractivity contribution in [3.63, 3.8) is 0 Å². The molecule has 4 rings (SSSR count). The Morgan fingerprint density at radius 2 is 1.56 bits per heavy atom. The van der Waals surface area contributed by atoms with Crippen LogP contribution in [-0.4, -0.2) is 17.1 Å². The van der Waals surface area contributed by atoms with Crippen LogP contribution >= 0.6 is 0 Å². The van der Waals surface area contributed by atoms with E-state index < -0.39 is 17.8 Å². The molecule has 1 aromatic heterocycles. The zero-order valence-electron chi connectivity index (χ0n) is 17.9. The molecular formula is C26H24FN3O2. The van der Waals surface area contributed by atoms with Gasteiger partial charge in [-0.25, -0.2) is 4.39 Å². The van der Waals surface area contributed by atoms with E-state index >= 15 is 0 Å². The highest BCUT2D eigenvalue weighted by Gasteiger charge is 2.28. The lowest BCUT2D eigenvalue weighted by Gasteiger charge is -2.24. The number of benzene rings is 3. The van der Waals surface area contributed by atoms with Crippen LogP contribution in [0.3, 0.4) is 0 Å². The maximum Gasteiger partial charge on any atom is 0.242 e. The predicted molar refractivity (Wildman–Crippen MR) is 123 cm³/mol. The van der Waals surface area contributed by atoms with Crippen molar-refractivity contribution in [1.82, 2.24) is 5.16 Å². The molecule has 0 aliphatic heterocycles. The lowest BCUT2D eigenvalue weighted by molar-refractivity contribution is -0.117. The van der Waals surface area contributed by atoms with E-state index in [1.807, 2.05) is 60.7 Å². The smallest absolute Gasteiger partial charge is 0.242 e. The number of hydrogen-bond donors (Lipinski definition) is 2. The number of anilines is 1. The van der Waals surface area contributed by atoms with Crippen molar-refractivity contribution in [2.75, 3.05) is 5.32 Å². The normalized spacial score (nSPS) is 12.0. The van der Waals surface area contributed by atoms with Gasteiger partial charge in [-0.3, -0.25) is 4.79 Å². The second kappa shape index (κ2) is 9.16. The maximum absolute atomic E-state index is 14.9. The Labute approximate surface area is 186 Å². The number of amides is 1. The molecule has 1 atom stereocenters. The number of nitrogens with zero attached hydrogens (tertiary/aromatic N) is 1. The second-order valence-electron chi connectivity index (χ2n) is 7.71. The maximum atomic E-state index is 14.9. The fraction of sp³-hybridized carbons (Fsp3) is 0.154. The van der Waals surface area contributed by atoms with Crippen molar-refractivity contribution >= 4 is 11.6 Å². The van der Waals surface area contributed by atoms with E-state index in [1.165, 1.54) is 6.07 Å².